The fraction of sp³-hybridized carbons (Fsp3) is 0.158. The predicted molar refractivity (Wildman–Crippen MR) is 101 cm³/mol. The van der Waals surface area contributed by atoms with Gasteiger partial charge in [-0.3, -0.25) is 9.59 Å². The monoisotopic (exact) mass is 394 g/mol. The Hall–Kier alpha value is -2.37. The van der Waals surface area contributed by atoms with Crippen LogP contribution in [0.2, 0.25) is 10.0 Å². The van der Waals surface area contributed by atoms with Crippen LogP contribution in [0.3, 0.4) is 0 Å². The second kappa shape index (κ2) is 9.36. The molecular weight excluding hydrogens is 378 g/mol. The van der Waals surface area contributed by atoms with E-state index in [9.17, 15) is 14.0 Å². The highest BCUT2D eigenvalue weighted by atomic mass is 35.5. The number of nitrogens with one attached hydrogen (secondary N) is 2. The van der Waals surface area contributed by atoms with Gasteiger partial charge in [-0.25, -0.2) is 4.39 Å². The SMILES string of the molecule is C[C@@H](NC(=O)CNC(=O)/C=C/c1ccccc1)c1cc(F)c(Cl)cc1Cl. The minimum Gasteiger partial charge on any atom is -0.348 e. The molecule has 2 aromatic carbocycles. The third-order valence-corrected chi connectivity index (χ3v) is 4.15. The zero-order valence-corrected chi connectivity index (χ0v) is 15.4. The number of hydrogen-bond donors (Lipinski definition) is 2. The Morgan fingerprint density at radius 3 is 2.54 bits per heavy atom. The van der Waals surface area contributed by atoms with Crippen molar-refractivity contribution < 1.29 is 14.0 Å². The van der Waals surface area contributed by atoms with Crippen molar-refractivity contribution >= 4 is 41.1 Å². The van der Waals surface area contributed by atoms with E-state index < -0.39 is 23.7 Å². The summed E-state index contributed by atoms with van der Waals surface area (Å²) >= 11 is 11.7. The van der Waals surface area contributed by atoms with E-state index in [-0.39, 0.29) is 16.6 Å². The van der Waals surface area contributed by atoms with Crippen molar-refractivity contribution in [1.82, 2.24) is 10.6 Å². The number of rotatable bonds is 6. The smallest absolute Gasteiger partial charge is 0.244 e. The van der Waals surface area contributed by atoms with Crippen LogP contribution in [0.1, 0.15) is 24.1 Å². The van der Waals surface area contributed by atoms with Crippen molar-refractivity contribution in [1.29, 1.82) is 0 Å². The van der Waals surface area contributed by atoms with Crippen molar-refractivity contribution in [2.75, 3.05) is 6.54 Å². The van der Waals surface area contributed by atoms with Crippen LogP contribution in [0.15, 0.2) is 48.5 Å². The summed E-state index contributed by atoms with van der Waals surface area (Å²) in [6.07, 6.45) is 2.99. The van der Waals surface area contributed by atoms with E-state index in [1.165, 1.54) is 18.2 Å². The van der Waals surface area contributed by atoms with Gasteiger partial charge in [0.15, 0.2) is 0 Å². The van der Waals surface area contributed by atoms with E-state index in [4.69, 9.17) is 23.2 Å². The van der Waals surface area contributed by atoms with Gasteiger partial charge in [-0.15, -0.1) is 0 Å². The van der Waals surface area contributed by atoms with Crippen LogP contribution in [0.5, 0.6) is 0 Å². The highest BCUT2D eigenvalue weighted by Gasteiger charge is 2.15. The van der Waals surface area contributed by atoms with Gasteiger partial charge in [-0.1, -0.05) is 53.5 Å². The zero-order chi connectivity index (χ0) is 19.1. The van der Waals surface area contributed by atoms with Crippen molar-refractivity contribution in [2.24, 2.45) is 0 Å². The normalized spacial score (nSPS) is 12.0. The number of hydrogen-bond acceptors (Lipinski definition) is 2. The Bertz CT molecular complexity index is 826. The van der Waals surface area contributed by atoms with Crippen LogP contribution in [-0.4, -0.2) is 18.4 Å². The van der Waals surface area contributed by atoms with Gasteiger partial charge in [0.1, 0.15) is 5.82 Å². The number of carbonyl (C=O) groups excluding carboxylic acids is 2. The van der Waals surface area contributed by atoms with E-state index in [1.807, 2.05) is 30.3 Å². The van der Waals surface area contributed by atoms with Gasteiger partial charge >= 0.3 is 0 Å². The minimum atomic E-state index is -0.619. The summed E-state index contributed by atoms with van der Waals surface area (Å²) in [5, 5.41) is 5.28. The summed E-state index contributed by atoms with van der Waals surface area (Å²) in [4.78, 5) is 23.7. The lowest BCUT2D eigenvalue weighted by Crippen LogP contribution is -2.37. The Labute approximate surface area is 161 Å². The Kier molecular flexibility index (Phi) is 7.18. The number of amides is 2. The average Bonchev–Trinajstić information content (AvgIpc) is 2.62. The maximum Gasteiger partial charge on any atom is 0.244 e. The topological polar surface area (TPSA) is 58.2 Å². The second-order valence-corrected chi connectivity index (χ2v) is 6.35. The molecule has 1 atom stereocenters. The molecule has 0 saturated heterocycles. The van der Waals surface area contributed by atoms with Gasteiger partial charge in [0.05, 0.1) is 17.6 Å². The van der Waals surface area contributed by atoms with Gasteiger partial charge in [0.25, 0.3) is 0 Å². The molecule has 0 bridgehead atoms. The first-order chi connectivity index (χ1) is 12.4. The van der Waals surface area contributed by atoms with E-state index in [0.29, 0.717) is 5.56 Å². The molecule has 2 aromatic rings. The van der Waals surface area contributed by atoms with Crippen LogP contribution in [0.25, 0.3) is 6.08 Å². The van der Waals surface area contributed by atoms with Crippen LogP contribution >= 0.6 is 23.2 Å². The van der Waals surface area contributed by atoms with Gasteiger partial charge in [0, 0.05) is 11.1 Å². The summed E-state index contributed by atoms with van der Waals surface area (Å²) in [6.45, 7) is 1.44. The highest BCUT2D eigenvalue weighted by molar-refractivity contribution is 6.35. The fourth-order valence-electron chi connectivity index (χ4n) is 2.20. The molecule has 7 heteroatoms. The molecular formula is C19H17Cl2FN2O2. The largest absolute Gasteiger partial charge is 0.348 e. The standard InChI is InChI=1S/C19H17Cl2FN2O2/c1-12(14-9-17(22)16(21)10-15(14)20)24-19(26)11-23-18(25)8-7-13-5-3-2-4-6-13/h2-10,12H,11H2,1H3,(H,23,25)(H,24,26)/b8-7+/t12-/m1/s1. The van der Waals surface area contributed by atoms with Crippen LogP contribution in [0.4, 0.5) is 4.39 Å². The molecule has 0 unspecified atom stereocenters. The molecule has 0 fully saturated rings. The zero-order valence-electron chi connectivity index (χ0n) is 13.9. The lowest BCUT2D eigenvalue weighted by Gasteiger charge is -2.16. The van der Waals surface area contributed by atoms with Crippen molar-refractivity contribution in [3.05, 3.63) is 75.5 Å². The molecule has 2 N–H and O–H groups in total. The summed E-state index contributed by atoms with van der Waals surface area (Å²) in [5.41, 5.74) is 1.28. The lowest BCUT2D eigenvalue weighted by atomic mass is 10.1. The van der Waals surface area contributed by atoms with Crippen LogP contribution in [0, 0.1) is 5.82 Å². The fourth-order valence-corrected chi connectivity index (χ4v) is 2.75. The third-order valence-electron chi connectivity index (χ3n) is 3.53. The molecule has 2 amide bonds. The molecule has 26 heavy (non-hydrogen) atoms. The van der Waals surface area contributed by atoms with Crippen LogP contribution in [-0.2, 0) is 9.59 Å². The van der Waals surface area contributed by atoms with Gasteiger partial charge in [-0.05, 0) is 36.3 Å². The molecule has 0 radical (unpaired) electrons. The Morgan fingerprint density at radius 1 is 1.15 bits per heavy atom. The molecule has 0 aliphatic carbocycles. The molecule has 0 aliphatic heterocycles. The summed E-state index contributed by atoms with van der Waals surface area (Å²) in [5.74, 6) is -1.44. The van der Waals surface area contributed by atoms with E-state index in [0.717, 1.165) is 5.56 Å². The first kappa shape index (κ1) is 19.9. The summed E-state index contributed by atoms with van der Waals surface area (Å²) in [7, 11) is 0. The van der Waals surface area contributed by atoms with Crippen molar-refractivity contribution in [3.8, 4) is 0 Å². The van der Waals surface area contributed by atoms with E-state index >= 15 is 0 Å². The lowest BCUT2D eigenvalue weighted by molar-refractivity contribution is -0.124. The second-order valence-electron chi connectivity index (χ2n) is 5.54. The molecule has 0 saturated carbocycles. The maximum absolute atomic E-state index is 13.6. The maximum atomic E-state index is 13.6. The van der Waals surface area contributed by atoms with Gasteiger partial charge in [0.2, 0.25) is 11.8 Å². The highest BCUT2D eigenvalue weighted by Crippen LogP contribution is 2.28. The van der Waals surface area contributed by atoms with Crippen molar-refractivity contribution in [3.63, 3.8) is 0 Å². The molecule has 0 spiro atoms. The first-order valence-electron chi connectivity index (χ1n) is 7.81. The molecule has 4 nitrogen and oxygen atoms in total. The Morgan fingerprint density at radius 2 is 1.85 bits per heavy atom. The van der Waals surface area contributed by atoms with Gasteiger partial charge in [-0.2, -0.15) is 0 Å². The predicted octanol–water partition coefficient (Wildman–Crippen LogP) is 4.14. The van der Waals surface area contributed by atoms with E-state index in [1.54, 1.807) is 13.0 Å². The average molecular weight is 395 g/mol. The first-order valence-corrected chi connectivity index (χ1v) is 8.57. The number of carbonyl (C=O) groups is 2. The Balaban J connectivity index is 1.85. The molecule has 0 aromatic heterocycles. The molecule has 0 aliphatic rings. The molecule has 0 heterocycles. The van der Waals surface area contributed by atoms with Crippen LogP contribution < -0.4 is 10.6 Å². The summed E-state index contributed by atoms with van der Waals surface area (Å²) in [6, 6.07) is 11.2. The minimum absolute atomic E-state index is 0.0882. The van der Waals surface area contributed by atoms with Gasteiger partial charge < -0.3 is 10.6 Å². The quantitative estimate of drug-likeness (QED) is 0.571. The van der Waals surface area contributed by atoms with Crippen molar-refractivity contribution in [2.45, 2.75) is 13.0 Å². The molecule has 136 valence electrons. The summed E-state index contributed by atoms with van der Waals surface area (Å²) < 4.78 is 13.6. The third kappa shape index (κ3) is 5.86. The number of benzene rings is 2. The van der Waals surface area contributed by atoms with E-state index in [2.05, 4.69) is 10.6 Å². The molecule has 2 rings (SSSR count). The number of halogens is 3.